The largest absolute Gasteiger partial charge is 0.350 e. The highest BCUT2D eigenvalue weighted by Crippen LogP contribution is 2.25. The summed E-state index contributed by atoms with van der Waals surface area (Å²) >= 11 is 6.34. The maximum Gasteiger partial charge on any atom is 0.304 e. The molecular formula is C25H34ClFN4O4S. The van der Waals surface area contributed by atoms with Crippen LogP contribution in [0.2, 0.25) is 5.02 Å². The smallest absolute Gasteiger partial charge is 0.304 e. The van der Waals surface area contributed by atoms with Crippen LogP contribution in [0.4, 0.5) is 10.1 Å². The van der Waals surface area contributed by atoms with E-state index in [0.29, 0.717) is 14.9 Å². The second-order valence-electron chi connectivity index (χ2n) is 9.52. The third kappa shape index (κ3) is 7.41. The molecule has 8 nitrogen and oxygen atoms in total. The van der Waals surface area contributed by atoms with Gasteiger partial charge in [-0.3, -0.25) is 9.59 Å². The Balaban J connectivity index is 2.56. The first kappa shape index (κ1) is 29.5. The number of amides is 2. The Morgan fingerprint density at radius 2 is 1.64 bits per heavy atom. The summed E-state index contributed by atoms with van der Waals surface area (Å²) in [7, 11) is -1.67. The van der Waals surface area contributed by atoms with Gasteiger partial charge in [-0.25, -0.2) is 8.70 Å². The second-order valence-corrected chi connectivity index (χ2v) is 12.0. The number of carbonyl (C=O) groups excluding carboxylic acids is 2. The van der Waals surface area contributed by atoms with E-state index in [9.17, 15) is 22.4 Å². The molecule has 198 valence electrons. The predicted molar refractivity (Wildman–Crippen MR) is 140 cm³/mol. The van der Waals surface area contributed by atoms with Gasteiger partial charge in [0.05, 0.1) is 5.69 Å². The van der Waals surface area contributed by atoms with Crippen LogP contribution in [0.1, 0.15) is 39.7 Å². The van der Waals surface area contributed by atoms with Crippen molar-refractivity contribution < 1.29 is 22.4 Å². The van der Waals surface area contributed by atoms with Crippen molar-refractivity contribution in [2.75, 3.05) is 24.9 Å². The van der Waals surface area contributed by atoms with Crippen molar-refractivity contribution in [2.24, 2.45) is 0 Å². The molecule has 1 unspecified atom stereocenters. The van der Waals surface area contributed by atoms with Crippen molar-refractivity contribution >= 4 is 39.3 Å². The Morgan fingerprint density at radius 3 is 2.17 bits per heavy atom. The Hall–Kier alpha value is -2.69. The van der Waals surface area contributed by atoms with Crippen LogP contribution in [0.15, 0.2) is 48.5 Å². The van der Waals surface area contributed by atoms with E-state index in [1.807, 2.05) is 20.8 Å². The van der Waals surface area contributed by atoms with E-state index in [4.69, 9.17) is 11.6 Å². The highest BCUT2D eigenvalue weighted by Gasteiger charge is 2.35. The summed E-state index contributed by atoms with van der Waals surface area (Å²) in [5.74, 6) is -1.87. The van der Waals surface area contributed by atoms with Gasteiger partial charge in [0, 0.05) is 31.2 Å². The van der Waals surface area contributed by atoms with Gasteiger partial charge in [0.25, 0.3) is 0 Å². The Morgan fingerprint density at radius 1 is 1.06 bits per heavy atom. The van der Waals surface area contributed by atoms with Crippen molar-refractivity contribution in [3.8, 4) is 0 Å². The van der Waals surface area contributed by atoms with Crippen molar-refractivity contribution in [3.05, 3.63) is 64.9 Å². The molecule has 2 aromatic rings. The van der Waals surface area contributed by atoms with Gasteiger partial charge in [0.2, 0.25) is 11.8 Å². The van der Waals surface area contributed by atoms with Crippen LogP contribution in [0.3, 0.4) is 0 Å². The summed E-state index contributed by atoms with van der Waals surface area (Å²) in [5.41, 5.74) is -0.247. The summed E-state index contributed by atoms with van der Waals surface area (Å²) in [5, 5.41) is 3.28. The van der Waals surface area contributed by atoms with Gasteiger partial charge in [-0.15, -0.1) is 0 Å². The lowest BCUT2D eigenvalue weighted by atomic mass is 10.1. The quantitative estimate of drug-likeness (QED) is 0.496. The summed E-state index contributed by atoms with van der Waals surface area (Å²) in [4.78, 5) is 28.2. The molecule has 1 atom stereocenters. The molecule has 2 rings (SSSR count). The number of halogens is 2. The van der Waals surface area contributed by atoms with E-state index in [2.05, 4.69) is 5.32 Å². The van der Waals surface area contributed by atoms with Crippen LogP contribution < -0.4 is 9.62 Å². The first-order valence-corrected chi connectivity index (χ1v) is 13.3. The summed E-state index contributed by atoms with van der Waals surface area (Å²) < 4.78 is 42.6. The van der Waals surface area contributed by atoms with Gasteiger partial charge in [-0.1, -0.05) is 48.9 Å². The zero-order valence-corrected chi connectivity index (χ0v) is 23.0. The van der Waals surface area contributed by atoms with Gasteiger partial charge in [0.15, 0.2) is 0 Å². The minimum absolute atomic E-state index is 0.0400. The zero-order chi connectivity index (χ0) is 27.3. The molecule has 0 aromatic heterocycles. The van der Waals surface area contributed by atoms with E-state index < -0.39 is 46.0 Å². The average molecular weight is 541 g/mol. The molecule has 0 saturated carbocycles. The lowest BCUT2D eigenvalue weighted by Crippen LogP contribution is -2.55. The fourth-order valence-electron chi connectivity index (χ4n) is 3.54. The maximum atomic E-state index is 14.7. The molecule has 0 bridgehead atoms. The summed E-state index contributed by atoms with van der Waals surface area (Å²) in [6, 6.07) is 11.3. The van der Waals surface area contributed by atoms with Gasteiger partial charge < -0.3 is 10.2 Å². The van der Waals surface area contributed by atoms with Crippen LogP contribution in [-0.2, 0) is 26.3 Å². The van der Waals surface area contributed by atoms with E-state index in [1.165, 1.54) is 37.2 Å². The lowest BCUT2D eigenvalue weighted by Gasteiger charge is -2.35. The molecule has 0 aliphatic heterocycles. The van der Waals surface area contributed by atoms with Crippen LogP contribution in [0.25, 0.3) is 0 Å². The average Bonchev–Trinajstić information content (AvgIpc) is 2.77. The molecule has 0 heterocycles. The number of para-hydroxylation sites is 1. The summed E-state index contributed by atoms with van der Waals surface area (Å²) in [6.07, 6.45) is 0.262. The number of benzene rings is 2. The molecule has 0 aliphatic carbocycles. The zero-order valence-electron chi connectivity index (χ0n) is 21.5. The number of nitrogens with zero attached hydrogens (tertiary/aromatic N) is 3. The lowest BCUT2D eigenvalue weighted by molar-refractivity contribution is -0.141. The molecule has 11 heteroatoms. The Labute approximate surface area is 218 Å². The molecule has 0 fully saturated rings. The minimum atomic E-state index is -4.25. The Bertz CT molecular complexity index is 1180. The molecule has 36 heavy (non-hydrogen) atoms. The normalized spacial score (nSPS) is 12.8. The first-order valence-electron chi connectivity index (χ1n) is 11.5. The van der Waals surface area contributed by atoms with E-state index in [1.54, 1.807) is 31.2 Å². The van der Waals surface area contributed by atoms with Crippen LogP contribution >= 0.6 is 11.6 Å². The summed E-state index contributed by atoms with van der Waals surface area (Å²) in [6.45, 7) is 6.46. The van der Waals surface area contributed by atoms with Crippen LogP contribution in [0.5, 0.6) is 0 Å². The standard InChI is InChI=1S/C25H34ClFN4O4S/c1-7-21(24(33)28-25(2,3)4)30(16-18-12-8-9-13-19(18)26)23(32)17-31(36(34,35)29(5)6)22-15-11-10-14-20(22)27/h8-15,21H,7,16-17H2,1-6H3,(H,28,33). The Kier molecular flexibility index (Phi) is 9.87. The molecule has 0 spiro atoms. The predicted octanol–water partition coefficient (Wildman–Crippen LogP) is 3.81. The van der Waals surface area contributed by atoms with Crippen molar-refractivity contribution in [2.45, 2.75) is 52.2 Å². The van der Waals surface area contributed by atoms with Crippen molar-refractivity contribution in [1.29, 1.82) is 0 Å². The molecule has 0 aliphatic rings. The third-order valence-corrected chi connectivity index (χ3v) is 7.50. The minimum Gasteiger partial charge on any atom is -0.350 e. The number of hydrogen-bond donors (Lipinski definition) is 1. The van der Waals surface area contributed by atoms with Crippen molar-refractivity contribution in [1.82, 2.24) is 14.5 Å². The number of carbonyl (C=O) groups is 2. The molecule has 2 amide bonds. The number of hydrogen-bond acceptors (Lipinski definition) is 4. The maximum absolute atomic E-state index is 14.7. The first-order chi connectivity index (χ1) is 16.7. The van der Waals surface area contributed by atoms with Crippen LogP contribution in [-0.4, -0.2) is 61.7 Å². The van der Waals surface area contributed by atoms with Gasteiger partial charge in [0.1, 0.15) is 18.4 Å². The fourth-order valence-corrected chi connectivity index (χ4v) is 4.80. The van der Waals surface area contributed by atoms with E-state index in [0.717, 1.165) is 10.4 Å². The number of rotatable bonds is 10. The molecule has 0 radical (unpaired) electrons. The highest BCUT2D eigenvalue weighted by molar-refractivity contribution is 7.90. The molecule has 2 aromatic carbocycles. The SMILES string of the molecule is CCC(C(=O)NC(C)(C)C)N(Cc1ccccc1Cl)C(=O)CN(c1ccccc1F)S(=O)(=O)N(C)C. The molecular weight excluding hydrogens is 507 g/mol. The van der Waals surface area contributed by atoms with E-state index >= 15 is 0 Å². The van der Waals surface area contributed by atoms with Gasteiger partial charge in [-0.2, -0.15) is 12.7 Å². The fraction of sp³-hybridized carbons (Fsp3) is 0.440. The molecule has 0 saturated heterocycles. The van der Waals surface area contributed by atoms with Gasteiger partial charge >= 0.3 is 10.2 Å². The number of nitrogens with one attached hydrogen (secondary N) is 1. The van der Waals surface area contributed by atoms with Crippen LogP contribution in [0, 0.1) is 5.82 Å². The van der Waals surface area contributed by atoms with Crippen molar-refractivity contribution in [3.63, 3.8) is 0 Å². The van der Waals surface area contributed by atoms with Gasteiger partial charge in [-0.05, 0) is 51.0 Å². The third-order valence-electron chi connectivity index (χ3n) is 5.32. The van der Waals surface area contributed by atoms with E-state index in [-0.39, 0.29) is 18.7 Å². The number of anilines is 1. The topological polar surface area (TPSA) is 90.0 Å². The monoisotopic (exact) mass is 540 g/mol. The second kappa shape index (κ2) is 12.0. The molecule has 1 N–H and O–H groups in total. The highest BCUT2D eigenvalue weighted by atomic mass is 35.5.